The van der Waals surface area contributed by atoms with Crippen LogP contribution in [0.3, 0.4) is 0 Å². The summed E-state index contributed by atoms with van der Waals surface area (Å²) in [6.45, 7) is 4.44. The topological polar surface area (TPSA) is 142 Å². The van der Waals surface area contributed by atoms with Crippen LogP contribution < -0.4 is 24.8 Å². The molecule has 2 heterocycles. The largest absolute Gasteiger partial charge is 0.492 e. The summed E-state index contributed by atoms with van der Waals surface area (Å²) in [5.41, 5.74) is 6.82. The Bertz CT molecular complexity index is 1970. The number of nitriles is 1. The van der Waals surface area contributed by atoms with E-state index in [1.54, 1.807) is 30.6 Å². The van der Waals surface area contributed by atoms with Crippen LogP contribution in [0.15, 0.2) is 91.5 Å². The number of aliphatic hydroxyl groups is 2. The zero-order valence-electron chi connectivity index (χ0n) is 29.5. The van der Waals surface area contributed by atoms with Crippen LogP contribution in [0.4, 0.5) is 0 Å². The highest BCUT2D eigenvalue weighted by atomic mass is 35.5. The Morgan fingerprint density at radius 2 is 1.58 bits per heavy atom. The zero-order valence-corrected chi connectivity index (χ0v) is 31.0. The predicted octanol–water partition coefficient (Wildman–Crippen LogP) is 6.83. The van der Waals surface area contributed by atoms with E-state index in [9.17, 15) is 15.5 Å². The van der Waals surface area contributed by atoms with Crippen LogP contribution >= 0.6 is 23.2 Å². The normalized spacial score (nSPS) is 11.0. The minimum Gasteiger partial charge on any atom is -0.492 e. The van der Waals surface area contributed by atoms with E-state index in [2.05, 4.69) is 32.7 Å². The maximum Gasteiger partial charge on any atom is 0.142 e. The third-order valence-corrected chi connectivity index (χ3v) is 9.29. The van der Waals surface area contributed by atoms with Crippen molar-refractivity contribution in [3.63, 3.8) is 0 Å². The fourth-order valence-electron chi connectivity index (χ4n) is 5.59. The summed E-state index contributed by atoms with van der Waals surface area (Å²) in [6, 6.07) is 22.6. The summed E-state index contributed by atoms with van der Waals surface area (Å²) in [5, 5.41) is 35.8. The number of ether oxygens (including phenoxy) is 3. The average Bonchev–Trinajstić information content (AvgIpc) is 3.18. The van der Waals surface area contributed by atoms with E-state index >= 15 is 0 Å². The molecule has 5 aromatic rings. The number of aromatic nitrogens is 2. The highest BCUT2D eigenvalue weighted by Gasteiger charge is 2.17. The molecular weight excluding hydrogens is 713 g/mol. The number of rotatable bonds is 20. The van der Waals surface area contributed by atoms with Crippen molar-refractivity contribution in [3.05, 3.63) is 135 Å². The molecule has 0 saturated carbocycles. The number of aliphatic hydroxyl groups excluding tert-OH is 2. The SMILES string of the molecule is Cc1c(COc2cc(OCc3cncc(C#N)c3)c(CNC(CO)CO)cc2Cl)cccc1-c1cccc(OCCCNCCc2cccnc2)c1Cl. The summed E-state index contributed by atoms with van der Waals surface area (Å²) in [6.07, 6.45) is 8.55. The van der Waals surface area contributed by atoms with Gasteiger partial charge in [0.25, 0.3) is 0 Å². The molecule has 0 fully saturated rings. The van der Waals surface area contributed by atoms with Crippen LogP contribution in [0.5, 0.6) is 17.2 Å². The lowest BCUT2D eigenvalue weighted by molar-refractivity contribution is 0.170. The first-order chi connectivity index (χ1) is 25.9. The molecule has 276 valence electrons. The van der Waals surface area contributed by atoms with Crippen LogP contribution in [0.25, 0.3) is 11.1 Å². The van der Waals surface area contributed by atoms with Crippen molar-refractivity contribution in [1.29, 1.82) is 5.26 Å². The van der Waals surface area contributed by atoms with E-state index < -0.39 is 6.04 Å². The van der Waals surface area contributed by atoms with E-state index in [1.807, 2.05) is 55.6 Å². The van der Waals surface area contributed by atoms with E-state index in [-0.39, 0.29) is 33.0 Å². The van der Waals surface area contributed by atoms with Crippen molar-refractivity contribution in [2.45, 2.75) is 45.6 Å². The lowest BCUT2D eigenvalue weighted by atomic mass is 9.96. The van der Waals surface area contributed by atoms with Crippen LogP contribution in [-0.2, 0) is 26.2 Å². The van der Waals surface area contributed by atoms with Gasteiger partial charge in [-0.1, -0.05) is 59.6 Å². The standard InChI is InChI=1S/C41H43Cl2N5O5/c1-28-32(7-2-8-35(28)36-9-3-10-38(41(36)43)51-15-5-13-45-14-11-29-6-4-12-46-20-29)27-53-40-18-39(52-26-31-16-30(19-44)21-47-22-31)33(17-37(40)42)23-48-34(24-49)25-50/h2-4,6-10,12,16-18,20-22,34,45,48-50H,5,11,13-15,23-27H2,1H3. The maximum absolute atomic E-state index is 9.54. The number of hydrogen-bond acceptors (Lipinski definition) is 10. The maximum atomic E-state index is 9.54. The summed E-state index contributed by atoms with van der Waals surface area (Å²) < 4.78 is 18.6. The summed E-state index contributed by atoms with van der Waals surface area (Å²) in [4.78, 5) is 8.27. The van der Waals surface area contributed by atoms with Gasteiger partial charge < -0.3 is 35.1 Å². The molecule has 5 rings (SSSR count). The van der Waals surface area contributed by atoms with Crippen molar-refractivity contribution < 1.29 is 24.4 Å². The van der Waals surface area contributed by atoms with Crippen molar-refractivity contribution in [1.82, 2.24) is 20.6 Å². The second-order valence-electron chi connectivity index (χ2n) is 12.4. The van der Waals surface area contributed by atoms with Gasteiger partial charge >= 0.3 is 0 Å². The Hall–Kier alpha value is -4.73. The first-order valence-corrected chi connectivity index (χ1v) is 18.1. The summed E-state index contributed by atoms with van der Waals surface area (Å²) in [7, 11) is 0. The molecule has 0 aliphatic carbocycles. The molecular formula is C41H43Cl2N5O5. The number of nitrogens with one attached hydrogen (secondary N) is 2. The Balaban J connectivity index is 1.24. The van der Waals surface area contributed by atoms with E-state index in [0.29, 0.717) is 50.6 Å². The molecule has 12 heteroatoms. The first kappa shape index (κ1) is 39.5. The van der Waals surface area contributed by atoms with Crippen molar-refractivity contribution in [2.24, 2.45) is 0 Å². The molecule has 0 atom stereocenters. The average molecular weight is 757 g/mol. The molecule has 10 nitrogen and oxygen atoms in total. The second kappa shape index (κ2) is 20.5. The van der Waals surface area contributed by atoms with Gasteiger partial charge in [-0.2, -0.15) is 5.26 Å². The Morgan fingerprint density at radius 3 is 2.38 bits per heavy atom. The lowest BCUT2D eigenvalue weighted by Crippen LogP contribution is -2.35. The van der Waals surface area contributed by atoms with Gasteiger partial charge in [0.05, 0.1) is 41.5 Å². The van der Waals surface area contributed by atoms with Crippen LogP contribution in [0, 0.1) is 18.3 Å². The molecule has 2 aromatic heterocycles. The minimum atomic E-state index is -0.513. The van der Waals surface area contributed by atoms with Gasteiger partial charge in [-0.3, -0.25) is 9.97 Å². The van der Waals surface area contributed by atoms with Crippen LogP contribution in [0.2, 0.25) is 10.0 Å². The van der Waals surface area contributed by atoms with Crippen LogP contribution in [0.1, 0.15) is 39.8 Å². The van der Waals surface area contributed by atoms with Gasteiger partial charge in [0.1, 0.15) is 36.5 Å². The molecule has 4 N–H and O–H groups in total. The molecule has 0 amide bonds. The zero-order chi connectivity index (χ0) is 37.4. The molecule has 0 aliphatic heterocycles. The Morgan fingerprint density at radius 1 is 0.792 bits per heavy atom. The number of nitrogens with zero attached hydrogens (tertiary/aromatic N) is 3. The van der Waals surface area contributed by atoms with Crippen LogP contribution in [-0.4, -0.2) is 59.1 Å². The third-order valence-electron chi connectivity index (χ3n) is 8.61. The predicted molar refractivity (Wildman–Crippen MR) is 206 cm³/mol. The van der Waals surface area contributed by atoms with E-state index in [1.165, 1.54) is 11.8 Å². The number of benzene rings is 3. The highest BCUT2D eigenvalue weighted by molar-refractivity contribution is 6.35. The molecule has 0 radical (unpaired) electrons. The summed E-state index contributed by atoms with van der Waals surface area (Å²) >= 11 is 13.6. The van der Waals surface area contributed by atoms with Crippen molar-refractivity contribution in [3.8, 4) is 34.4 Å². The Kier molecular flexibility index (Phi) is 15.3. The second-order valence-corrected chi connectivity index (χ2v) is 13.2. The molecule has 53 heavy (non-hydrogen) atoms. The minimum absolute atomic E-state index is 0.147. The third kappa shape index (κ3) is 11.4. The molecule has 0 unspecified atom stereocenters. The van der Waals surface area contributed by atoms with Gasteiger partial charge in [0, 0.05) is 54.1 Å². The summed E-state index contributed by atoms with van der Waals surface area (Å²) in [5.74, 6) is 1.54. The number of hydrogen-bond donors (Lipinski definition) is 4. The fourth-order valence-corrected chi connectivity index (χ4v) is 6.11. The van der Waals surface area contributed by atoms with Gasteiger partial charge in [0.15, 0.2) is 0 Å². The highest BCUT2D eigenvalue weighted by Crippen LogP contribution is 2.38. The smallest absolute Gasteiger partial charge is 0.142 e. The molecule has 0 bridgehead atoms. The first-order valence-electron chi connectivity index (χ1n) is 17.4. The van der Waals surface area contributed by atoms with Gasteiger partial charge in [-0.05, 0) is 79.4 Å². The monoisotopic (exact) mass is 755 g/mol. The molecule has 0 spiro atoms. The van der Waals surface area contributed by atoms with Crippen molar-refractivity contribution in [2.75, 3.05) is 32.9 Å². The van der Waals surface area contributed by atoms with Gasteiger partial charge in [0.2, 0.25) is 0 Å². The number of pyridine rings is 2. The van der Waals surface area contributed by atoms with Gasteiger partial charge in [-0.15, -0.1) is 0 Å². The fraction of sp³-hybridized carbons (Fsp3) is 0.293. The van der Waals surface area contributed by atoms with E-state index in [0.717, 1.165) is 48.2 Å². The van der Waals surface area contributed by atoms with Gasteiger partial charge in [-0.25, -0.2) is 0 Å². The molecule has 0 aliphatic rings. The Labute approximate surface area is 320 Å². The van der Waals surface area contributed by atoms with Crippen molar-refractivity contribution >= 4 is 23.2 Å². The number of halogens is 2. The van der Waals surface area contributed by atoms with E-state index in [4.69, 9.17) is 37.4 Å². The molecule has 3 aromatic carbocycles. The quantitative estimate of drug-likeness (QED) is 0.0625. The lowest BCUT2D eigenvalue weighted by Gasteiger charge is -2.19. The molecule has 0 saturated heterocycles.